The van der Waals surface area contributed by atoms with Crippen LogP contribution < -0.4 is 5.73 Å². The van der Waals surface area contributed by atoms with E-state index in [1.807, 2.05) is 17.9 Å². The average Bonchev–Trinajstić information content (AvgIpc) is 2.74. The lowest BCUT2D eigenvalue weighted by Crippen LogP contribution is -2.56. The lowest BCUT2D eigenvalue weighted by molar-refractivity contribution is -0.137. The summed E-state index contributed by atoms with van der Waals surface area (Å²) in [6.45, 7) is 9.25. The highest BCUT2D eigenvalue weighted by Crippen LogP contribution is 2.12. The highest BCUT2D eigenvalue weighted by atomic mass is 16.5. The molecule has 1 amide bonds. The largest absolute Gasteiger partial charge is 0.360 e. The van der Waals surface area contributed by atoms with Gasteiger partial charge in [0.1, 0.15) is 0 Å². The van der Waals surface area contributed by atoms with Crippen molar-refractivity contribution in [3.8, 4) is 0 Å². The SMILES string of the molecule is Cc1cc(CN2CCN(C(=O)C(C)(C)N)CC2)on1. The van der Waals surface area contributed by atoms with Gasteiger partial charge in [-0.2, -0.15) is 0 Å². The Hall–Kier alpha value is -1.40. The molecule has 1 fully saturated rings. The van der Waals surface area contributed by atoms with Crippen LogP contribution in [-0.4, -0.2) is 52.6 Å². The summed E-state index contributed by atoms with van der Waals surface area (Å²) in [4.78, 5) is 16.1. The Kier molecular flexibility index (Phi) is 3.91. The normalized spacial score (nSPS) is 17.8. The molecule has 2 N–H and O–H groups in total. The fourth-order valence-corrected chi connectivity index (χ4v) is 2.23. The molecule has 19 heavy (non-hydrogen) atoms. The standard InChI is InChI=1S/C13H22N4O2/c1-10-8-11(19-15-10)9-16-4-6-17(7-5-16)12(18)13(2,3)14/h8H,4-7,9,14H2,1-3H3. The number of rotatable bonds is 3. The zero-order valence-electron chi connectivity index (χ0n) is 11.8. The topological polar surface area (TPSA) is 75.6 Å². The number of carbonyl (C=O) groups is 1. The Balaban J connectivity index is 1.84. The number of hydrogen-bond donors (Lipinski definition) is 1. The van der Waals surface area contributed by atoms with Gasteiger partial charge in [0.15, 0.2) is 5.76 Å². The predicted molar refractivity (Wildman–Crippen MR) is 71.4 cm³/mol. The zero-order chi connectivity index (χ0) is 14.0. The van der Waals surface area contributed by atoms with Crippen LogP contribution in [0.15, 0.2) is 10.6 Å². The van der Waals surface area contributed by atoms with Crippen LogP contribution in [-0.2, 0) is 11.3 Å². The highest BCUT2D eigenvalue weighted by molar-refractivity contribution is 5.85. The maximum atomic E-state index is 12.0. The summed E-state index contributed by atoms with van der Waals surface area (Å²) in [5, 5.41) is 3.87. The average molecular weight is 266 g/mol. The molecule has 106 valence electrons. The second-order valence-electron chi connectivity index (χ2n) is 5.72. The van der Waals surface area contributed by atoms with Gasteiger partial charge in [-0.15, -0.1) is 0 Å². The molecule has 2 rings (SSSR count). The van der Waals surface area contributed by atoms with Crippen molar-refractivity contribution in [1.82, 2.24) is 15.0 Å². The van der Waals surface area contributed by atoms with Gasteiger partial charge in [0, 0.05) is 32.2 Å². The first kappa shape index (κ1) is 14.0. The third-order valence-corrected chi connectivity index (χ3v) is 3.27. The quantitative estimate of drug-likeness (QED) is 0.855. The molecule has 1 saturated heterocycles. The van der Waals surface area contributed by atoms with Crippen molar-refractivity contribution in [2.75, 3.05) is 26.2 Å². The monoisotopic (exact) mass is 266 g/mol. The Labute approximate surface area is 113 Å². The summed E-state index contributed by atoms with van der Waals surface area (Å²) in [5.41, 5.74) is 5.95. The number of carbonyl (C=O) groups excluding carboxylic acids is 1. The summed E-state index contributed by atoms with van der Waals surface area (Å²) in [5.74, 6) is 0.888. The van der Waals surface area contributed by atoms with Crippen LogP contribution in [0.5, 0.6) is 0 Å². The van der Waals surface area contributed by atoms with Gasteiger partial charge in [-0.25, -0.2) is 0 Å². The maximum Gasteiger partial charge on any atom is 0.242 e. The van der Waals surface area contributed by atoms with Crippen LogP contribution in [0.2, 0.25) is 0 Å². The van der Waals surface area contributed by atoms with Gasteiger partial charge in [0.2, 0.25) is 5.91 Å². The molecule has 0 radical (unpaired) electrons. The molecule has 2 heterocycles. The first-order valence-electron chi connectivity index (χ1n) is 6.59. The van der Waals surface area contributed by atoms with Crippen LogP contribution in [0.1, 0.15) is 25.3 Å². The molecule has 0 spiro atoms. The molecule has 0 bridgehead atoms. The van der Waals surface area contributed by atoms with Crippen molar-refractivity contribution < 1.29 is 9.32 Å². The first-order chi connectivity index (χ1) is 8.86. The van der Waals surface area contributed by atoms with Gasteiger partial charge >= 0.3 is 0 Å². The van der Waals surface area contributed by atoms with Gasteiger partial charge in [-0.1, -0.05) is 5.16 Å². The molecule has 6 nitrogen and oxygen atoms in total. The molecule has 1 aromatic heterocycles. The van der Waals surface area contributed by atoms with Crippen molar-refractivity contribution in [1.29, 1.82) is 0 Å². The Bertz CT molecular complexity index is 442. The molecule has 0 atom stereocenters. The van der Waals surface area contributed by atoms with E-state index in [2.05, 4.69) is 10.1 Å². The number of amides is 1. The smallest absolute Gasteiger partial charge is 0.242 e. The summed E-state index contributed by atoms with van der Waals surface area (Å²) >= 11 is 0. The lowest BCUT2D eigenvalue weighted by atomic mass is 10.0. The van der Waals surface area contributed by atoms with E-state index in [0.29, 0.717) is 13.1 Å². The summed E-state index contributed by atoms with van der Waals surface area (Å²) in [6, 6.07) is 1.94. The molecular weight excluding hydrogens is 244 g/mol. The molecular formula is C13H22N4O2. The van der Waals surface area contributed by atoms with Crippen molar-refractivity contribution in [3.63, 3.8) is 0 Å². The third kappa shape index (κ3) is 3.54. The van der Waals surface area contributed by atoms with E-state index in [1.165, 1.54) is 0 Å². The highest BCUT2D eigenvalue weighted by Gasteiger charge is 2.30. The van der Waals surface area contributed by atoms with Gasteiger partial charge in [0.25, 0.3) is 0 Å². The van der Waals surface area contributed by atoms with E-state index in [4.69, 9.17) is 10.3 Å². The Morgan fingerprint density at radius 3 is 2.53 bits per heavy atom. The van der Waals surface area contributed by atoms with Crippen molar-refractivity contribution in [2.45, 2.75) is 32.9 Å². The number of aromatic nitrogens is 1. The Morgan fingerprint density at radius 1 is 1.42 bits per heavy atom. The van der Waals surface area contributed by atoms with Crippen molar-refractivity contribution in [2.24, 2.45) is 5.73 Å². The summed E-state index contributed by atoms with van der Waals surface area (Å²) in [7, 11) is 0. The minimum Gasteiger partial charge on any atom is -0.360 e. The minimum atomic E-state index is -0.787. The van der Waals surface area contributed by atoms with E-state index in [9.17, 15) is 4.79 Å². The maximum absolute atomic E-state index is 12.0. The fraction of sp³-hybridized carbons (Fsp3) is 0.692. The molecule has 1 aliphatic heterocycles. The second kappa shape index (κ2) is 5.30. The van der Waals surface area contributed by atoms with Crippen LogP contribution in [0.3, 0.4) is 0 Å². The van der Waals surface area contributed by atoms with E-state index in [0.717, 1.165) is 31.1 Å². The van der Waals surface area contributed by atoms with E-state index < -0.39 is 5.54 Å². The number of aryl methyl sites for hydroxylation is 1. The Morgan fingerprint density at radius 2 is 2.05 bits per heavy atom. The summed E-state index contributed by atoms with van der Waals surface area (Å²) < 4.78 is 5.20. The molecule has 0 unspecified atom stereocenters. The number of nitrogens with two attached hydrogens (primary N) is 1. The van der Waals surface area contributed by atoms with Gasteiger partial charge in [0.05, 0.1) is 17.8 Å². The molecule has 0 aromatic carbocycles. The minimum absolute atomic E-state index is 0.0164. The van der Waals surface area contributed by atoms with Crippen molar-refractivity contribution in [3.05, 3.63) is 17.5 Å². The number of hydrogen-bond acceptors (Lipinski definition) is 5. The lowest BCUT2D eigenvalue weighted by Gasteiger charge is -2.37. The molecule has 6 heteroatoms. The van der Waals surface area contributed by atoms with Crippen molar-refractivity contribution >= 4 is 5.91 Å². The number of nitrogens with zero attached hydrogens (tertiary/aromatic N) is 3. The zero-order valence-corrected chi connectivity index (χ0v) is 11.8. The van der Waals surface area contributed by atoms with E-state index in [1.54, 1.807) is 13.8 Å². The van der Waals surface area contributed by atoms with Gasteiger partial charge < -0.3 is 15.2 Å². The predicted octanol–water partition coefficient (Wildman–Crippen LogP) is 0.365. The molecule has 1 aliphatic rings. The molecule has 0 aliphatic carbocycles. The number of piperazine rings is 1. The van der Waals surface area contributed by atoms with Crippen LogP contribution in [0.25, 0.3) is 0 Å². The van der Waals surface area contributed by atoms with Gasteiger partial charge in [-0.05, 0) is 20.8 Å². The molecule has 1 aromatic rings. The fourth-order valence-electron chi connectivity index (χ4n) is 2.23. The van der Waals surface area contributed by atoms with Gasteiger partial charge in [-0.3, -0.25) is 9.69 Å². The summed E-state index contributed by atoms with van der Waals surface area (Å²) in [6.07, 6.45) is 0. The van der Waals surface area contributed by atoms with Crippen LogP contribution in [0.4, 0.5) is 0 Å². The first-order valence-corrected chi connectivity index (χ1v) is 6.59. The van der Waals surface area contributed by atoms with E-state index in [-0.39, 0.29) is 5.91 Å². The second-order valence-corrected chi connectivity index (χ2v) is 5.72. The molecule has 0 saturated carbocycles. The van der Waals surface area contributed by atoms with E-state index >= 15 is 0 Å². The third-order valence-electron chi connectivity index (χ3n) is 3.27. The van der Waals surface area contributed by atoms with Crippen LogP contribution >= 0.6 is 0 Å². The van der Waals surface area contributed by atoms with Crippen LogP contribution in [0, 0.1) is 6.92 Å².